The Morgan fingerprint density at radius 2 is 2.05 bits per heavy atom. The number of nitrogens with one attached hydrogen (secondary N) is 1. The number of furan rings is 1. The minimum atomic E-state index is -0.351. The van der Waals surface area contributed by atoms with Crippen molar-refractivity contribution in [1.29, 1.82) is 0 Å². The zero-order valence-electron chi connectivity index (χ0n) is 11.1. The van der Waals surface area contributed by atoms with Crippen LogP contribution >= 0.6 is 24.0 Å². The number of hydrogen-bond donors (Lipinski definition) is 1. The first-order chi connectivity index (χ1) is 9.08. The van der Waals surface area contributed by atoms with Gasteiger partial charge in [-0.25, -0.2) is 0 Å². The highest BCUT2D eigenvalue weighted by atomic mass is 35.5. The lowest BCUT2D eigenvalue weighted by atomic mass is 10.3. The van der Waals surface area contributed by atoms with Gasteiger partial charge in [0.1, 0.15) is 0 Å². The molecule has 0 bridgehead atoms. The van der Waals surface area contributed by atoms with E-state index in [0.717, 1.165) is 13.1 Å². The molecular weight excluding hydrogens is 305 g/mol. The molecule has 0 saturated carbocycles. The highest BCUT2D eigenvalue weighted by molar-refractivity contribution is 6.29. The molecular formula is C12H17Cl2N3O3. The quantitative estimate of drug-likeness (QED) is 0.896. The van der Waals surface area contributed by atoms with Gasteiger partial charge in [0.25, 0.3) is 5.91 Å². The largest absolute Gasteiger partial charge is 0.440 e. The molecule has 2 heterocycles. The molecule has 1 aliphatic rings. The highest BCUT2D eigenvalue weighted by Gasteiger charge is 2.22. The lowest BCUT2D eigenvalue weighted by Gasteiger charge is -2.29. The van der Waals surface area contributed by atoms with E-state index in [1.807, 2.05) is 0 Å². The van der Waals surface area contributed by atoms with Crippen molar-refractivity contribution in [1.82, 2.24) is 15.1 Å². The Balaban J connectivity index is 0.00000200. The molecule has 1 aliphatic heterocycles. The van der Waals surface area contributed by atoms with Gasteiger partial charge in [-0.15, -0.1) is 12.4 Å². The van der Waals surface area contributed by atoms with E-state index in [1.165, 1.54) is 17.0 Å². The predicted molar refractivity (Wildman–Crippen MR) is 77.4 cm³/mol. The zero-order chi connectivity index (χ0) is 13.8. The Morgan fingerprint density at radius 1 is 1.40 bits per heavy atom. The number of amides is 2. The normalized spacial score (nSPS) is 14.6. The van der Waals surface area contributed by atoms with Crippen molar-refractivity contribution in [3.8, 4) is 0 Å². The molecule has 0 spiro atoms. The SMILES string of the molecule is CN(CC(=O)N1CCNCC1)C(=O)c1ccc(Cl)o1.Cl. The van der Waals surface area contributed by atoms with Crippen LogP contribution in [-0.4, -0.2) is 61.4 Å². The van der Waals surface area contributed by atoms with Crippen LogP contribution in [0.25, 0.3) is 0 Å². The van der Waals surface area contributed by atoms with Crippen LogP contribution in [0.3, 0.4) is 0 Å². The summed E-state index contributed by atoms with van der Waals surface area (Å²) in [5.74, 6) is -0.272. The average Bonchev–Trinajstić information content (AvgIpc) is 2.85. The minimum Gasteiger partial charge on any atom is -0.440 e. The fourth-order valence-corrected chi connectivity index (χ4v) is 2.05. The minimum absolute atomic E-state index is 0. The van der Waals surface area contributed by atoms with Crippen molar-refractivity contribution in [2.24, 2.45) is 0 Å². The molecule has 2 amide bonds. The molecule has 0 unspecified atom stereocenters. The summed E-state index contributed by atoms with van der Waals surface area (Å²) >= 11 is 5.62. The van der Waals surface area contributed by atoms with Crippen molar-refractivity contribution in [2.75, 3.05) is 39.8 Å². The molecule has 6 nitrogen and oxygen atoms in total. The van der Waals surface area contributed by atoms with Gasteiger partial charge in [-0.2, -0.15) is 0 Å². The van der Waals surface area contributed by atoms with E-state index in [1.54, 1.807) is 11.9 Å². The van der Waals surface area contributed by atoms with Crippen LogP contribution in [0.5, 0.6) is 0 Å². The smallest absolute Gasteiger partial charge is 0.289 e. The van der Waals surface area contributed by atoms with E-state index >= 15 is 0 Å². The number of piperazine rings is 1. The summed E-state index contributed by atoms with van der Waals surface area (Å²) in [6, 6.07) is 3.00. The van der Waals surface area contributed by atoms with Crippen LogP contribution < -0.4 is 5.32 Å². The topological polar surface area (TPSA) is 65.8 Å². The van der Waals surface area contributed by atoms with E-state index in [4.69, 9.17) is 16.0 Å². The predicted octanol–water partition coefficient (Wildman–Crippen LogP) is 0.859. The molecule has 0 radical (unpaired) electrons. The van der Waals surface area contributed by atoms with Gasteiger partial charge >= 0.3 is 0 Å². The van der Waals surface area contributed by atoms with Gasteiger partial charge in [0.2, 0.25) is 5.91 Å². The second-order valence-electron chi connectivity index (χ2n) is 4.40. The first-order valence-corrected chi connectivity index (χ1v) is 6.45. The van der Waals surface area contributed by atoms with Gasteiger partial charge in [-0.1, -0.05) is 0 Å². The zero-order valence-corrected chi connectivity index (χ0v) is 12.7. The lowest BCUT2D eigenvalue weighted by molar-refractivity contribution is -0.132. The summed E-state index contributed by atoms with van der Waals surface area (Å²) in [4.78, 5) is 27.0. The molecule has 2 rings (SSSR count). The van der Waals surface area contributed by atoms with Crippen LogP contribution in [0, 0.1) is 0 Å². The summed E-state index contributed by atoms with van der Waals surface area (Å²) in [6.45, 7) is 2.96. The van der Waals surface area contributed by atoms with E-state index < -0.39 is 0 Å². The molecule has 0 atom stereocenters. The molecule has 112 valence electrons. The Labute approximate surface area is 128 Å². The van der Waals surface area contributed by atoms with Crippen LogP contribution in [0.4, 0.5) is 0 Å². The first-order valence-electron chi connectivity index (χ1n) is 6.07. The molecule has 8 heteroatoms. The van der Waals surface area contributed by atoms with E-state index in [0.29, 0.717) is 13.1 Å². The maximum Gasteiger partial charge on any atom is 0.289 e. The number of likely N-dealkylation sites (N-methyl/N-ethyl adjacent to an activating group) is 1. The first kappa shape index (κ1) is 16.8. The molecule has 20 heavy (non-hydrogen) atoms. The number of carbonyl (C=O) groups is 2. The van der Waals surface area contributed by atoms with E-state index in [9.17, 15) is 9.59 Å². The van der Waals surface area contributed by atoms with Gasteiger partial charge in [-0.05, 0) is 23.7 Å². The van der Waals surface area contributed by atoms with Crippen molar-refractivity contribution in [3.63, 3.8) is 0 Å². The molecule has 1 saturated heterocycles. The Morgan fingerprint density at radius 3 is 2.60 bits per heavy atom. The van der Waals surface area contributed by atoms with E-state index in [-0.39, 0.29) is 41.7 Å². The highest BCUT2D eigenvalue weighted by Crippen LogP contribution is 2.14. The summed E-state index contributed by atoms with van der Waals surface area (Å²) in [6.07, 6.45) is 0. The molecule has 0 aliphatic carbocycles. The molecule has 1 aromatic rings. The average molecular weight is 322 g/mol. The van der Waals surface area contributed by atoms with Gasteiger partial charge in [0.15, 0.2) is 11.0 Å². The fourth-order valence-electron chi connectivity index (χ4n) is 1.91. The molecule has 0 aromatic carbocycles. The molecule has 1 fully saturated rings. The third-order valence-corrected chi connectivity index (χ3v) is 3.18. The van der Waals surface area contributed by atoms with Gasteiger partial charge in [0.05, 0.1) is 6.54 Å². The number of nitrogens with zero attached hydrogens (tertiary/aromatic N) is 2. The maximum atomic E-state index is 12.0. The number of carbonyl (C=O) groups excluding carboxylic acids is 2. The number of halogens is 2. The summed E-state index contributed by atoms with van der Waals surface area (Å²) < 4.78 is 5.03. The van der Waals surface area contributed by atoms with Crippen molar-refractivity contribution >= 4 is 35.8 Å². The second kappa shape index (κ2) is 7.52. The number of hydrogen-bond acceptors (Lipinski definition) is 4. The lowest BCUT2D eigenvalue weighted by Crippen LogP contribution is -2.49. The third-order valence-electron chi connectivity index (χ3n) is 2.97. The van der Waals surface area contributed by atoms with Crippen LogP contribution in [0.2, 0.25) is 5.22 Å². The van der Waals surface area contributed by atoms with Crippen LogP contribution in [-0.2, 0) is 4.79 Å². The fraction of sp³-hybridized carbons (Fsp3) is 0.500. The van der Waals surface area contributed by atoms with Crippen molar-refractivity contribution < 1.29 is 14.0 Å². The second-order valence-corrected chi connectivity index (χ2v) is 4.77. The Hall–Kier alpha value is -1.24. The van der Waals surface area contributed by atoms with Gasteiger partial charge < -0.3 is 19.5 Å². The maximum absolute atomic E-state index is 12.0. The Bertz CT molecular complexity index is 472. The van der Waals surface area contributed by atoms with Crippen LogP contribution in [0.1, 0.15) is 10.6 Å². The monoisotopic (exact) mass is 321 g/mol. The van der Waals surface area contributed by atoms with E-state index in [2.05, 4.69) is 5.32 Å². The van der Waals surface area contributed by atoms with Gasteiger partial charge in [0, 0.05) is 33.2 Å². The van der Waals surface area contributed by atoms with Crippen LogP contribution in [0.15, 0.2) is 16.5 Å². The number of rotatable bonds is 3. The molecule has 1 aromatic heterocycles. The van der Waals surface area contributed by atoms with Crippen molar-refractivity contribution in [3.05, 3.63) is 23.1 Å². The summed E-state index contributed by atoms with van der Waals surface area (Å²) in [5.41, 5.74) is 0. The summed E-state index contributed by atoms with van der Waals surface area (Å²) in [5, 5.41) is 3.33. The third kappa shape index (κ3) is 4.13. The van der Waals surface area contributed by atoms with Crippen molar-refractivity contribution in [2.45, 2.75) is 0 Å². The Kier molecular flexibility index (Phi) is 6.32. The standard InChI is InChI=1S/C12H16ClN3O3.ClH/c1-15(12(18)9-2-3-10(13)19-9)8-11(17)16-6-4-14-5-7-16;/h2-3,14H,4-8H2,1H3;1H. The van der Waals surface area contributed by atoms with Gasteiger partial charge in [-0.3, -0.25) is 9.59 Å². The molecule has 1 N–H and O–H groups in total. The summed E-state index contributed by atoms with van der Waals surface area (Å²) in [7, 11) is 1.57.